The standard InChI is InChI=1S/C14H16FN3/c1-3-16-14-9-12(6-7-17-14)18-13-5-4-11(15)8-10(13)2/h4-9H,3H2,1-2H3,(H2,16,17,18). The Bertz CT molecular complexity index is 540. The van der Waals surface area contributed by atoms with Crippen LogP contribution in [0.25, 0.3) is 0 Å². The summed E-state index contributed by atoms with van der Waals surface area (Å²) in [7, 11) is 0. The number of nitrogens with one attached hydrogen (secondary N) is 2. The molecule has 0 amide bonds. The molecule has 0 aliphatic rings. The summed E-state index contributed by atoms with van der Waals surface area (Å²) in [5, 5.41) is 6.40. The zero-order valence-corrected chi connectivity index (χ0v) is 10.5. The van der Waals surface area contributed by atoms with Crippen LogP contribution in [0.5, 0.6) is 0 Å². The largest absolute Gasteiger partial charge is 0.370 e. The van der Waals surface area contributed by atoms with Crippen LogP contribution in [0.3, 0.4) is 0 Å². The van der Waals surface area contributed by atoms with E-state index in [0.29, 0.717) is 0 Å². The van der Waals surface area contributed by atoms with Crippen LogP contribution in [-0.4, -0.2) is 11.5 Å². The van der Waals surface area contributed by atoms with Crippen LogP contribution in [0.15, 0.2) is 36.5 Å². The fourth-order valence-electron chi connectivity index (χ4n) is 1.71. The Balaban J connectivity index is 2.20. The Morgan fingerprint density at radius 1 is 1.22 bits per heavy atom. The van der Waals surface area contributed by atoms with Crippen LogP contribution in [0.1, 0.15) is 12.5 Å². The van der Waals surface area contributed by atoms with Crippen LogP contribution >= 0.6 is 0 Å². The second kappa shape index (κ2) is 5.49. The average molecular weight is 245 g/mol. The van der Waals surface area contributed by atoms with Crippen molar-refractivity contribution in [1.29, 1.82) is 0 Å². The van der Waals surface area contributed by atoms with E-state index in [1.54, 1.807) is 12.3 Å². The van der Waals surface area contributed by atoms with Crippen molar-refractivity contribution in [3.63, 3.8) is 0 Å². The molecule has 0 fully saturated rings. The molecule has 1 heterocycles. The first-order valence-electron chi connectivity index (χ1n) is 5.92. The van der Waals surface area contributed by atoms with E-state index in [9.17, 15) is 4.39 Å². The second-order valence-corrected chi connectivity index (χ2v) is 4.04. The van der Waals surface area contributed by atoms with E-state index < -0.39 is 0 Å². The molecular weight excluding hydrogens is 229 g/mol. The molecule has 0 aliphatic carbocycles. The Morgan fingerprint density at radius 2 is 2.06 bits per heavy atom. The molecule has 0 saturated heterocycles. The maximum atomic E-state index is 13.0. The highest BCUT2D eigenvalue weighted by Gasteiger charge is 2.01. The number of hydrogen-bond donors (Lipinski definition) is 2. The van der Waals surface area contributed by atoms with Gasteiger partial charge in [-0.3, -0.25) is 0 Å². The number of nitrogens with zero attached hydrogens (tertiary/aromatic N) is 1. The Labute approximate surface area is 106 Å². The first-order valence-corrected chi connectivity index (χ1v) is 5.92. The molecule has 1 aromatic carbocycles. The lowest BCUT2D eigenvalue weighted by Gasteiger charge is -2.10. The summed E-state index contributed by atoms with van der Waals surface area (Å²) >= 11 is 0. The van der Waals surface area contributed by atoms with Crippen LogP contribution < -0.4 is 10.6 Å². The van der Waals surface area contributed by atoms with Crippen molar-refractivity contribution < 1.29 is 4.39 Å². The Kier molecular flexibility index (Phi) is 3.77. The molecule has 0 spiro atoms. The predicted octanol–water partition coefficient (Wildman–Crippen LogP) is 3.70. The normalized spacial score (nSPS) is 10.2. The molecule has 0 saturated carbocycles. The molecule has 18 heavy (non-hydrogen) atoms. The van der Waals surface area contributed by atoms with Crippen LogP contribution in [0.4, 0.5) is 21.6 Å². The van der Waals surface area contributed by atoms with Crippen molar-refractivity contribution in [3.8, 4) is 0 Å². The van der Waals surface area contributed by atoms with Crippen molar-refractivity contribution in [2.24, 2.45) is 0 Å². The lowest BCUT2D eigenvalue weighted by Crippen LogP contribution is -2.00. The van der Waals surface area contributed by atoms with Gasteiger partial charge in [-0.1, -0.05) is 0 Å². The zero-order chi connectivity index (χ0) is 13.0. The summed E-state index contributed by atoms with van der Waals surface area (Å²) in [6, 6.07) is 8.49. The van der Waals surface area contributed by atoms with Crippen molar-refractivity contribution in [3.05, 3.63) is 47.9 Å². The first-order chi connectivity index (χ1) is 8.69. The SMILES string of the molecule is CCNc1cc(Nc2ccc(F)cc2C)ccn1. The van der Waals surface area contributed by atoms with Gasteiger partial charge in [-0.05, 0) is 43.7 Å². The molecule has 94 valence electrons. The summed E-state index contributed by atoms with van der Waals surface area (Å²) in [6.45, 7) is 4.72. The van der Waals surface area contributed by atoms with Gasteiger partial charge in [0.2, 0.25) is 0 Å². The topological polar surface area (TPSA) is 37.0 Å². The summed E-state index contributed by atoms with van der Waals surface area (Å²) in [5.41, 5.74) is 2.69. The quantitative estimate of drug-likeness (QED) is 0.862. The van der Waals surface area contributed by atoms with Gasteiger partial charge >= 0.3 is 0 Å². The molecule has 0 bridgehead atoms. The molecule has 2 rings (SSSR count). The third kappa shape index (κ3) is 2.97. The summed E-state index contributed by atoms with van der Waals surface area (Å²) in [5.74, 6) is 0.600. The van der Waals surface area contributed by atoms with Crippen LogP contribution in [0.2, 0.25) is 0 Å². The Morgan fingerprint density at radius 3 is 2.78 bits per heavy atom. The molecule has 1 aromatic heterocycles. The van der Waals surface area contributed by atoms with Gasteiger partial charge in [-0.15, -0.1) is 0 Å². The smallest absolute Gasteiger partial charge is 0.127 e. The minimum Gasteiger partial charge on any atom is -0.370 e. The number of aryl methyl sites for hydroxylation is 1. The van der Waals surface area contributed by atoms with Gasteiger partial charge in [0.15, 0.2) is 0 Å². The maximum absolute atomic E-state index is 13.0. The van der Waals surface area contributed by atoms with Gasteiger partial charge < -0.3 is 10.6 Å². The van der Waals surface area contributed by atoms with Gasteiger partial charge in [0.25, 0.3) is 0 Å². The third-order valence-electron chi connectivity index (χ3n) is 2.59. The van der Waals surface area contributed by atoms with Gasteiger partial charge in [-0.2, -0.15) is 0 Å². The van der Waals surface area contributed by atoms with Gasteiger partial charge in [0, 0.05) is 30.2 Å². The van der Waals surface area contributed by atoms with E-state index in [4.69, 9.17) is 0 Å². The van der Waals surface area contributed by atoms with Crippen molar-refractivity contribution >= 4 is 17.2 Å². The lowest BCUT2D eigenvalue weighted by molar-refractivity contribution is 0.627. The van der Waals surface area contributed by atoms with Crippen LogP contribution in [-0.2, 0) is 0 Å². The number of pyridine rings is 1. The van der Waals surface area contributed by atoms with Crippen molar-refractivity contribution in [1.82, 2.24) is 4.98 Å². The van der Waals surface area contributed by atoms with Crippen molar-refractivity contribution in [2.75, 3.05) is 17.2 Å². The highest BCUT2D eigenvalue weighted by molar-refractivity contribution is 5.65. The average Bonchev–Trinajstić information content (AvgIpc) is 2.34. The number of aromatic nitrogens is 1. The number of halogens is 1. The highest BCUT2D eigenvalue weighted by Crippen LogP contribution is 2.22. The zero-order valence-electron chi connectivity index (χ0n) is 10.5. The second-order valence-electron chi connectivity index (χ2n) is 4.04. The fourth-order valence-corrected chi connectivity index (χ4v) is 1.71. The predicted molar refractivity (Wildman–Crippen MR) is 72.8 cm³/mol. The van der Waals surface area contributed by atoms with E-state index in [0.717, 1.165) is 29.3 Å². The minimum absolute atomic E-state index is 0.221. The summed E-state index contributed by atoms with van der Waals surface area (Å²) < 4.78 is 13.0. The number of benzene rings is 1. The molecule has 2 aromatic rings. The van der Waals surface area contributed by atoms with Gasteiger partial charge in [0.1, 0.15) is 11.6 Å². The molecule has 4 heteroatoms. The summed E-state index contributed by atoms with van der Waals surface area (Å²) in [6.07, 6.45) is 1.74. The Hall–Kier alpha value is -2.10. The van der Waals surface area contributed by atoms with Gasteiger partial charge in [0.05, 0.1) is 0 Å². The third-order valence-corrected chi connectivity index (χ3v) is 2.59. The van der Waals surface area contributed by atoms with E-state index in [1.807, 2.05) is 26.0 Å². The number of anilines is 3. The van der Waals surface area contributed by atoms with E-state index in [1.165, 1.54) is 12.1 Å². The molecule has 0 atom stereocenters. The maximum Gasteiger partial charge on any atom is 0.127 e. The first kappa shape index (κ1) is 12.4. The minimum atomic E-state index is -0.221. The molecule has 2 N–H and O–H groups in total. The fraction of sp³-hybridized carbons (Fsp3) is 0.214. The summed E-state index contributed by atoms with van der Waals surface area (Å²) in [4.78, 5) is 4.20. The molecule has 0 radical (unpaired) electrons. The highest BCUT2D eigenvalue weighted by atomic mass is 19.1. The molecule has 0 unspecified atom stereocenters. The molecule has 0 aliphatic heterocycles. The molecular formula is C14H16FN3. The molecule has 3 nitrogen and oxygen atoms in total. The monoisotopic (exact) mass is 245 g/mol. The number of hydrogen-bond acceptors (Lipinski definition) is 3. The van der Waals surface area contributed by atoms with Gasteiger partial charge in [-0.25, -0.2) is 9.37 Å². The number of rotatable bonds is 4. The van der Waals surface area contributed by atoms with Crippen molar-refractivity contribution in [2.45, 2.75) is 13.8 Å². The van der Waals surface area contributed by atoms with E-state index in [2.05, 4.69) is 15.6 Å². The van der Waals surface area contributed by atoms with Crippen LogP contribution in [0, 0.1) is 12.7 Å². The van der Waals surface area contributed by atoms with E-state index in [-0.39, 0.29) is 5.82 Å². The van der Waals surface area contributed by atoms with E-state index >= 15 is 0 Å². The lowest BCUT2D eigenvalue weighted by atomic mass is 10.2.